The summed E-state index contributed by atoms with van der Waals surface area (Å²) >= 11 is 7.06. The Morgan fingerprint density at radius 2 is 2.28 bits per heavy atom. The van der Waals surface area contributed by atoms with Crippen molar-refractivity contribution in [2.45, 2.75) is 13.3 Å². The SMILES string of the molecule is CCc1nnc(NC(=O)c2cc(N)nc(Cl)c2)s1. The average molecular weight is 284 g/mol. The number of pyridine rings is 1. The number of nitrogens with two attached hydrogens (primary N) is 1. The van der Waals surface area contributed by atoms with Crippen LogP contribution < -0.4 is 11.1 Å². The molecule has 0 aliphatic heterocycles. The second-order valence-corrected chi connectivity index (χ2v) is 4.86. The first-order chi connectivity index (χ1) is 8.58. The summed E-state index contributed by atoms with van der Waals surface area (Å²) in [5.74, 6) is -0.149. The van der Waals surface area contributed by atoms with Gasteiger partial charge in [0.15, 0.2) is 0 Å². The van der Waals surface area contributed by atoms with Gasteiger partial charge in [-0.3, -0.25) is 10.1 Å². The fourth-order valence-electron chi connectivity index (χ4n) is 1.26. The Labute approximate surface area is 112 Å². The number of amides is 1. The second kappa shape index (κ2) is 5.28. The number of hydrogen-bond donors (Lipinski definition) is 2. The van der Waals surface area contributed by atoms with Crippen LogP contribution in [-0.2, 0) is 6.42 Å². The normalized spacial score (nSPS) is 10.3. The number of hydrogen-bond acceptors (Lipinski definition) is 6. The van der Waals surface area contributed by atoms with Crippen LogP contribution in [0.3, 0.4) is 0 Å². The summed E-state index contributed by atoms with van der Waals surface area (Å²) in [5.41, 5.74) is 5.85. The smallest absolute Gasteiger partial charge is 0.257 e. The molecule has 6 nitrogen and oxygen atoms in total. The zero-order valence-electron chi connectivity index (χ0n) is 9.48. The Morgan fingerprint density at radius 3 is 2.89 bits per heavy atom. The number of aryl methyl sites for hydroxylation is 1. The number of carbonyl (C=O) groups is 1. The number of rotatable bonds is 3. The van der Waals surface area contributed by atoms with Crippen LogP contribution >= 0.6 is 22.9 Å². The maximum atomic E-state index is 11.9. The zero-order chi connectivity index (χ0) is 13.1. The number of anilines is 2. The highest BCUT2D eigenvalue weighted by atomic mass is 35.5. The standard InChI is InChI=1S/C10H10ClN5OS/c1-2-8-15-16-10(18-8)14-9(17)5-3-6(11)13-7(12)4-5/h3-4H,2H2,1H3,(H2,12,13)(H,14,16,17). The number of aromatic nitrogens is 3. The minimum Gasteiger partial charge on any atom is -0.384 e. The fraction of sp³-hybridized carbons (Fsp3) is 0.200. The van der Waals surface area contributed by atoms with Crippen LogP contribution in [0, 0.1) is 0 Å². The topological polar surface area (TPSA) is 93.8 Å². The van der Waals surface area contributed by atoms with Gasteiger partial charge in [-0.05, 0) is 18.6 Å². The van der Waals surface area contributed by atoms with Gasteiger partial charge in [0.25, 0.3) is 5.91 Å². The van der Waals surface area contributed by atoms with Gasteiger partial charge in [-0.1, -0.05) is 29.9 Å². The van der Waals surface area contributed by atoms with Crippen molar-refractivity contribution < 1.29 is 4.79 Å². The molecule has 0 fully saturated rings. The molecule has 94 valence electrons. The Balaban J connectivity index is 2.16. The molecule has 2 aromatic heterocycles. The number of nitrogens with one attached hydrogen (secondary N) is 1. The minimum atomic E-state index is -0.343. The van der Waals surface area contributed by atoms with E-state index in [1.54, 1.807) is 0 Å². The lowest BCUT2D eigenvalue weighted by atomic mass is 10.2. The van der Waals surface area contributed by atoms with Gasteiger partial charge in [0.1, 0.15) is 16.0 Å². The molecule has 2 rings (SSSR count). The molecule has 0 saturated carbocycles. The molecule has 0 aromatic carbocycles. The fourth-order valence-corrected chi connectivity index (χ4v) is 2.15. The molecule has 18 heavy (non-hydrogen) atoms. The van der Waals surface area contributed by atoms with E-state index in [9.17, 15) is 4.79 Å². The number of nitrogen functional groups attached to an aromatic ring is 1. The van der Waals surface area contributed by atoms with E-state index in [0.717, 1.165) is 11.4 Å². The number of halogens is 1. The van der Waals surface area contributed by atoms with Crippen LogP contribution in [0.2, 0.25) is 5.15 Å². The van der Waals surface area contributed by atoms with E-state index >= 15 is 0 Å². The summed E-state index contributed by atoms with van der Waals surface area (Å²) in [6.45, 7) is 1.97. The zero-order valence-corrected chi connectivity index (χ0v) is 11.0. The van der Waals surface area contributed by atoms with Gasteiger partial charge in [-0.25, -0.2) is 4.98 Å². The average Bonchev–Trinajstić information content (AvgIpc) is 2.75. The third kappa shape index (κ3) is 2.93. The van der Waals surface area contributed by atoms with Crippen LogP contribution in [0.25, 0.3) is 0 Å². The molecule has 0 aliphatic rings. The monoisotopic (exact) mass is 283 g/mol. The summed E-state index contributed by atoms with van der Waals surface area (Å²) in [7, 11) is 0. The van der Waals surface area contributed by atoms with Gasteiger partial charge in [-0.2, -0.15) is 0 Å². The highest BCUT2D eigenvalue weighted by Gasteiger charge is 2.11. The Bertz CT molecular complexity index is 565. The second-order valence-electron chi connectivity index (χ2n) is 3.41. The van der Waals surface area contributed by atoms with Gasteiger partial charge in [-0.15, -0.1) is 10.2 Å². The lowest BCUT2D eigenvalue weighted by Gasteiger charge is -2.02. The van der Waals surface area contributed by atoms with Crippen molar-refractivity contribution in [3.05, 3.63) is 27.9 Å². The minimum absolute atomic E-state index is 0.173. The van der Waals surface area contributed by atoms with Crippen molar-refractivity contribution in [2.75, 3.05) is 11.1 Å². The predicted molar refractivity (Wildman–Crippen MR) is 70.9 cm³/mol. The van der Waals surface area contributed by atoms with Crippen LogP contribution in [-0.4, -0.2) is 21.1 Å². The first kappa shape index (κ1) is 12.7. The maximum Gasteiger partial charge on any atom is 0.257 e. The molecular weight excluding hydrogens is 274 g/mol. The summed E-state index contributed by atoms with van der Waals surface area (Å²) in [6, 6.07) is 2.89. The molecule has 0 radical (unpaired) electrons. The van der Waals surface area contributed by atoms with Crippen molar-refractivity contribution in [3.63, 3.8) is 0 Å². The molecule has 0 aliphatic carbocycles. The van der Waals surface area contributed by atoms with E-state index in [2.05, 4.69) is 20.5 Å². The summed E-state index contributed by atoms with van der Waals surface area (Å²) in [6.07, 6.45) is 0.779. The van der Waals surface area contributed by atoms with E-state index in [-0.39, 0.29) is 16.9 Å². The van der Waals surface area contributed by atoms with Crippen LogP contribution in [0.1, 0.15) is 22.3 Å². The summed E-state index contributed by atoms with van der Waals surface area (Å²) < 4.78 is 0. The van der Waals surface area contributed by atoms with E-state index in [1.807, 2.05) is 6.92 Å². The summed E-state index contributed by atoms with van der Waals surface area (Å²) in [5, 5.41) is 11.9. The van der Waals surface area contributed by atoms with Gasteiger partial charge in [0.2, 0.25) is 5.13 Å². The van der Waals surface area contributed by atoms with Crippen LogP contribution in [0.15, 0.2) is 12.1 Å². The van der Waals surface area contributed by atoms with Crippen molar-refractivity contribution in [1.82, 2.24) is 15.2 Å². The quantitative estimate of drug-likeness (QED) is 0.840. The molecule has 2 heterocycles. The summed E-state index contributed by atoms with van der Waals surface area (Å²) in [4.78, 5) is 15.7. The van der Waals surface area contributed by atoms with E-state index in [1.165, 1.54) is 23.5 Å². The van der Waals surface area contributed by atoms with Gasteiger partial charge in [0.05, 0.1) is 0 Å². The van der Waals surface area contributed by atoms with Crippen LogP contribution in [0.4, 0.5) is 10.9 Å². The van der Waals surface area contributed by atoms with E-state index in [4.69, 9.17) is 17.3 Å². The third-order valence-corrected chi connectivity index (χ3v) is 3.24. The lowest BCUT2D eigenvalue weighted by Crippen LogP contribution is -2.12. The predicted octanol–water partition coefficient (Wildman–Crippen LogP) is 1.98. The molecule has 0 atom stereocenters. The van der Waals surface area contributed by atoms with Crippen LogP contribution in [0.5, 0.6) is 0 Å². The van der Waals surface area contributed by atoms with E-state index in [0.29, 0.717) is 10.7 Å². The van der Waals surface area contributed by atoms with Gasteiger partial charge >= 0.3 is 0 Å². The maximum absolute atomic E-state index is 11.9. The van der Waals surface area contributed by atoms with Crippen molar-refractivity contribution in [3.8, 4) is 0 Å². The van der Waals surface area contributed by atoms with Crippen molar-refractivity contribution in [2.24, 2.45) is 0 Å². The molecule has 8 heteroatoms. The van der Waals surface area contributed by atoms with Crippen molar-refractivity contribution >= 4 is 39.8 Å². The molecule has 3 N–H and O–H groups in total. The molecule has 0 spiro atoms. The Morgan fingerprint density at radius 1 is 1.50 bits per heavy atom. The van der Waals surface area contributed by atoms with Gasteiger partial charge < -0.3 is 5.73 Å². The third-order valence-electron chi connectivity index (χ3n) is 2.07. The number of carbonyl (C=O) groups excluding carboxylic acids is 1. The molecule has 0 saturated heterocycles. The highest BCUT2D eigenvalue weighted by Crippen LogP contribution is 2.18. The Hall–Kier alpha value is -1.73. The lowest BCUT2D eigenvalue weighted by molar-refractivity contribution is 0.102. The first-order valence-electron chi connectivity index (χ1n) is 5.15. The first-order valence-corrected chi connectivity index (χ1v) is 6.34. The van der Waals surface area contributed by atoms with Crippen molar-refractivity contribution in [1.29, 1.82) is 0 Å². The largest absolute Gasteiger partial charge is 0.384 e. The van der Waals surface area contributed by atoms with E-state index < -0.39 is 0 Å². The number of nitrogens with zero attached hydrogens (tertiary/aromatic N) is 3. The molecule has 0 unspecified atom stereocenters. The molecular formula is C10H10ClN5OS. The molecule has 2 aromatic rings. The highest BCUT2D eigenvalue weighted by molar-refractivity contribution is 7.15. The van der Waals surface area contributed by atoms with Gasteiger partial charge in [0, 0.05) is 5.56 Å². The molecule has 1 amide bonds. The Kier molecular flexibility index (Phi) is 3.73. The molecule has 0 bridgehead atoms.